The zero-order chi connectivity index (χ0) is 19.7. The predicted molar refractivity (Wildman–Crippen MR) is 99.4 cm³/mol. The van der Waals surface area contributed by atoms with Gasteiger partial charge in [-0.15, -0.1) is 5.10 Å². The number of rotatable bonds is 6. The zero-order valence-electron chi connectivity index (χ0n) is 15.1. The second kappa shape index (κ2) is 6.97. The van der Waals surface area contributed by atoms with Gasteiger partial charge in [0.2, 0.25) is 0 Å². The largest absolute Gasteiger partial charge is 0.496 e. The van der Waals surface area contributed by atoms with E-state index in [2.05, 4.69) is 15.5 Å². The molecule has 0 saturated carbocycles. The van der Waals surface area contributed by atoms with E-state index in [1.807, 2.05) is 24.3 Å². The van der Waals surface area contributed by atoms with Crippen LogP contribution in [0.4, 0.5) is 0 Å². The Bertz CT molecular complexity index is 1250. The first-order valence-corrected chi connectivity index (χ1v) is 10.1. The number of hydrogen-bond acceptors (Lipinski definition) is 8. The lowest BCUT2D eigenvalue weighted by molar-refractivity contribution is 0.0610. The molecule has 2 aromatic heterocycles. The van der Waals surface area contributed by atoms with E-state index in [1.54, 1.807) is 19.2 Å². The minimum absolute atomic E-state index is 0.0315. The van der Waals surface area contributed by atoms with Crippen LogP contribution in [0.1, 0.15) is 5.76 Å². The molecular weight excluding hydrogens is 384 g/mol. The van der Waals surface area contributed by atoms with Gasteiger partial charge in [0.05, 0.1) is 12.0 Å². The fourth-order valence-corrected chi connectivity index (χ4v) is 3.33. The molecule has 0 saturated heterocycles. The Hall–Kier alpha value is -3.40. The van der Waals surface area contributed by atoms with Crippen LogP contribution < -0.4 is 9.57 Å². The summed E-state index contributed by atoms with van der Waals surface area (Å²) in [6, 6.07) is 13.7. The van der Waals surface area contributed by atoms with Crippen LogP contribution in [0.15, 0.2) is 57.9 Å². The average Bonchev–Trinajstić information content (AvgIpc) is 3.32. The van der Waals surface area contributed by atoms with Crippen molar-refractivity contribution in [3.63, 3.8) is 0 Å². The quantitative estimate of drug-likeness (QED) is 0.484. The van der Waals surface area contributed by atoms with Gasteiger partial charge in [-0.25, -0.2) is 8.42 Å². The molecule has 0 amide bonds. The smallest absolute Gasteiger partial charge is 0.177 e. The molecule has 28 heavy (non-hydrogen) atoms. The normalized spacial score (nSPS) is 11.6. The second-order valence-corrected chi connectivity index (χ2v) is 8.05. The van der Waals surface area contributed by atoms with Crippen molar-refractivity contribution in [1.29, 1.82) is 0 Å². The van der Waals surface area contributed by atoms with Crippen molar-refractivity contribution >= 4 is 20.9 Å². The third-order valence-electron chi connectivity index (χ3n) is 4.09. The van der Waals surface area contributed by atoms with E-state index < -0.39 is 9.84 Å². The average molecular weight is 400 g/mol. The molecule has 0 fully saturated rings. The number of methoxy groups -OCH3 is 1. The summed E-state index contributed by atoms with van der Waals surface area (Å²) in [6.45, 7) is 0.0315. The lowest BCUT2D eigenvalue weighted by Crippen LogP contribution is -2.12. The minimum Gasteiger partial charge on any atom is -0.496 e. The maximum atomic E-state index is 11.8. The molecule has 0 bridgehead atoms. The Balaban J connectivity index is 1.56. The fraction of sp³-hybridized carbons (Fsp3) is 0.167. The second-order valence-electron chi connectivity index (χ2n) is 6.04. The minimum atomic E-state index is -3.35. The van der Waals surface area contributed by atoms with Crippen molar-refractivity contribution in [2.75, 3.05) is 13.4 Å². The van der Waals surface area contributed by atoms with Crippen molar-refractivity contribution in [1.82, 2.24) is 20.3 Å². The Morgan fingerprint density at radius 3 is 2.75 bits per heavy atom. The lowest BCUT2D eigenvalue weighted by atomic mass is 10.1. The summed E-state index contributed by atoms with van der Waals surface area (Å²) >= 11 is 0. The molecule has 2 heterocycles. The number of hydrogen-bond donors (Lipinski definition) is 0. The van der Waals surface area contributed by atoms with Crippen molar-refractivity contribution in [3.8, 4) is 17.0 Å². The highest BCUT2D eigenvalue weighted by Crippen LogP contribution is 2.29. The summed E-state index contributed by atoms with van der Waals surface area (Å²) in [5.74, 6) is 1.14. The number of ether oxygens (including phenoxy) is 1. The van der Waals surface area contributed by atoms with E-state index in [-0.39, 0.29) is 11.5 Å². The highest BCUT2D eigenvalue weighted by molar-refractivity contribution is 7.90. The molecule has 0 aliphatic heterocycles. The number of para-hydroxylation sites is 1. The van der Waals surface area contributed by atoms with Gasteiger partial charge in [-0.3, -0.25) is 0 Å². The molecule has 0 unspecified atom stereocenters. The van der Waals surface area contributed by atoms with Crippen LogP contribution >= 0.6 is 0 Å². The topological polar surface area (TPSA) is 109 Å². The first kappa shape index (κ1) is 18.0. The van der Waals surface area contributed by atoms with E-state index in [4.69, 9.17) is 14.1 Å². The van der Waals surface area contributed by atoms with Crippen molar-refractivity contribution in [2.45, 2.75) is 11.5 Å². The molecule has 4 aromatic rings. The molecule has 144 valence electrons. The maximum absolute atomic E-state index is 11.8. The van der Waals surface area contributed by atoms with Gasteiger partial charge < -0.3 is 14.1 Å². The summed E-state index contributed by atoms with van der Waals surface area (Å²) < 4.78 is 34.2. The van der Waals surface area contributed by atoms with Gasteiger partial charge in [0.15, 0.2) is 22.2 Å². The molecule has 2 aromatic carbocycles. The molecule has 0 atom stereocenters. The van der Waals surface area contributed by atoms with Gasteiger partial charge in [-0.2, -0.15) is 0 Å². The van der Waals surface area contributed by atoms with Crippen LogP contribution in [0, 0.1) is 0 Å². The first-order valence-electron chi connectivity index (χ1n) is 8.23. The predicted octanol–water partition coefficient (Wildman–Crippen LogP) is 2.13. The molecule has 0 aliphatic carbocycles. The molecule has 4 rings (SSSR count). The SMILES string of the molecule is COc1ccccc1-c1cc(COn2nnc3ccc(S(C)(=O)=O)cc32)on1. The van der Waals surface area contributed by atoms with E-state index in [1.165, 1.54) is 12.1 Å². The summed E-state index contributed by atoms with van der Waals surface area (Å²) in [5.41, 5.74) is 2.36. The summed E-state index contributed by atoms with van der Waals surface area (Å²) in [5, 5.41) is 11.9. The highest BCUT2D eigenvalue weighted by Gasteiger charge is 2.14. The number of sulfone groups is 1. The van der Waals surface area contributed by atoms with Gasteiger partial charge in [-0.1, -0.05) is 22.1 Å². The third kappa shape index (κ3) is 3.41. The number of aromatic nitrogens is 4. The van der Waals surface area contributed by atoms with Gasteiger partial charge >= 0.3 is 0 Å². The monoisotopic (exact) mass is 400 g/mol. The summed E-state index contributed by atoms with van der Waals surface area (Å²) in [7, 11) is -1.77. The van der Waals surface area contributed by atoms with Crippen LogP contribution in [0.3, 0.4) is 0 Å². The molecule has 0 radical (unpaired) electrons. The zero-order valence-corrected chi connectivity index (χ0v) is 15.9. The Labute approximate surface area is 160 Å². The first-order chi connectivity index (χ1) is 13.5. The standard InChI is InChI=1S/C18H16N4O5S/c1-25-18-6-4-3-5-14(18)16-9-12(27-20-16)11-26-22-17-10-13(28(2,23)24)7-8-15(17)19-21-22/h3-10H,11H2,1-2H3. The van der Waals surface area contributed by atoms with Crippen LogP contribution in [-0.2, 0) is 16.4 Å². The van der Waals surface area contributed by atoms with Crippen LogP contribution in [0.25, 0.3) is 22.3 Å². The van der Waals surface area contributed by atoms with Crippen molar-refractivity contribution in [2.24, 2.45) is 0 Å². The molecular formula is C18H16N4O5S. The van der Waals surface area contributed by atoms with E-state index in [0.29, 0.717) is 28.2 Å². The Kier molecular flexibility index (Phi) is 4.47. The summed E-state index contributed by atoms with van der Waals surface area (Å²) in [6.07, 6.45) is 1.14. The van der Waals surface area contributed by atoms with Crippen molar-refractivity contribution in [3.05, 3.63) is 54.3 Å². The summed E-state index contributed by atoms with van der Waals surface area (Å²) in [4.78, 5) is 6.92. The highest BCUT2D eigenvalue weighted by atomic mass is 32.2. The molecule has 0 N–H and O–H groups in total. The molecule has 0 spiro atoms. The van der Waals surface area contributed by atoms with Crippen LogP contribution in [0.2, 0.25) is 0 Å². The van der Waals surface area contributed by atoms with E-state index in [0.717, 1.165) is 16.7 Å². The van der Waals surface area contributed by atoms with Gasteiger partial charge in [0.25, 0.3) is 0 Å². The Morgan fingerprint density at radius 2 is 1.96 bits per heavy atom. The Morgan fingerprint density at radius 1 is 1.14 bits per heavy atom. The van der Waals surface area contributed by atoms with Crippen molar-refractivity contribution < 1.29 is 22.5 Å². The van der Waals surface area contributed by atoms with Crippen LogP contribution in [-0.4, -0.2) is 42.1 Å². The number of benzene rings is 2. The fourth-order valence-electron chi connectivity index (χ4n) is 2.69. The number of nitrogens with zero attached hydrogens (tertiary/aromatic N) is 4. The molecule has 10 heteroatoms. The molecule has 0 aliphatic rings. The van der Waals surface area contributed by atoms with Crippen LogP contribution in [0.5, 0.6) is 5.75 Å². The van der Waals surface area contributed by atoms with Gasteiger partial charge in [0, 0.05) is 17.9 Å². The number of fused-ring (bicyclic) bond motifs is 1. The van der Waals surface area contributed by atoms with Gasteiger partial charge in [0.1, 0.15) is 22.5 Å². The molecule has 9 nitrogen and oxygen atoms in total. The lowest BCUT2D eigenvalue weighted by Gasteiger charge is -2.04. The maximum Gasteiger partial charge on any atom is 0.177 e. The van der Waals surface area contributed by atoms with Gasteiger partial charge in [-0.05, 0) is 35.5 Å². The van der Waals surface area contributed by atoms with E-state index in [9.17, 15) is 8.42 Å². The third-order valence-corrected chi connectivity index (χ3v) is 5.20. The van der Waals surface area contributed by atoms with E-state index >= 15 is 0 Å².